The van der Waals surface area contributed by atoms with Crippen LogP contribution < -0.4 is 0 Å². The maximum absolute atomic E-state index is 10.9. The number of hydrogen-bond acceptors (Lipinski definition) is 3. The van der Waals surface area contributed by atoms with Gasteiger partial charge in [0.25, 0.3) is 0 Å². The Bertz CT molecular complexity index is 689. The molecule has 2 heterocycles. The Hall–Kier alpha value is -2.49. The van der Waals surface area contributed by atoms with Gasteiger partial charge in [0.1, 0.15) is 5.69 Å². The van der Waals surface area contributed by atoms with E-state index in [0.717, 1.165) is 17.7 Å². The molecule has 0 aliphatic heterocycles. The van der Waals surface area contributed by atoms with Gasteiger partial charge in [0.15, 0.2) is 17.8 Å². The third kappa shape index (κ3) is 1.88. The average molecular weight is 237 g/mol. The predicted octanol–water partition coefficient (Wildman–Crippen LogP) is 2.13. The Morgan fingerprint density at radius 2 is 1.89 bits per heavy atom. The largest absolute Gasteiger partial charge is 0.296 e. The second-order valence-corrected chi connectivity index (χ2v) is 4.03. The Kier molecular flexibility index (Phi) is 2.61. The van der Waals surface area contributed by atoms with Crippen molar-refractivity contribution >= 4 is 11.9 Å². The summed E-state index contributed by atoms with van der Waals surface area (Å²) in [5.41, 5.74) is 2.37. The summed E-state index contributed by atoms with van der Waals surface area (Å²) in [5, 5.41) is 4.35. The van der Waals surface area contributed by atoms with Crippen LogP contribution in [-0.2, 0) is 6.42 Å². The van der Waals surface area contributed by atoms with Crippen molar-refractivity contribution in [3.63, 3.8) is 0 Å². The molecule has 1 aromatic carbocycles. The van der Waals surface area contributed by atoms with Crippen molar-refractivity contribution in [3.05, 3.63) is 65.6 Å². The molecule has 0 saturated heterocycles. The first-order valence-electron chi connectivity index (χ1n) is 5.70. The lowest BCUT2D eigenvalue weighted by molar-refractivity contribution is 0.111. The number of carbonyl (C=O) groups is 1. The zero-order valence-electron chi connectivity index (χ0n) is 9.65. The van der Waals surface area contributed by atoms with E-state index in [1.807, 2.05) is 36.4 Å². The first kappa shape index (κ1) is 10.7. The summed E-state index contributed by atoms with van der Waals surface area (Å²) in [6.07, 6.45) is 1.45. The fourth-order valence-electron chi connectivity index (χ4n) is 1.91. The highest BCUT2D eigenvalue weighted by Gasteiger charge is 2.06. The molecule has 0 unspecified atom stereocenters. The molecule has 3 aromatic rings. The van der Waals surface area contributed by atoms with Crippen LogP contribution in [-0.4, -0.2) is 20.9 Å². The lowest BCUT2D eigenvalue weighted by Gasteiger charge is -1.95. The molecular weight excluding hydrogens is 226 g/mol. The van der Waals surface area contributed by atoms with E-state index in [0.29, 0.717) is 17.8 Å². The second-order valence-electron chi connectivity index (χ2n) is 4.03. The predicted molar refractivity (Wildman–Crippen MR) is 67.6 cm³/mol. The van der Waals surface area contributed by atoms with Gasteiger partial charge in [-0.1, -0.05) is 36.4 Å². The third-order valence-corrected chi connectivity index (χ3v) is 2.76. The number of hydrogen-bond donors (Lipinski definition) is 0. The Balaban J connectivity index is 2.01. The minimum Gasteiger partial charge on any atom is -0.296 e. The van der Waals surface area contributed by atoms with Crippen LogP contribution in [0.5, 0.6) is 0 Å². The van der Waals surface area contributed by atoms with Gasteiger partial charge < -0.3 is 0 Å². The van der Waals surface area contributed by atoms with Gasteiger partial charge in [-0.3, -0.25) is 4.79 Å². The van der Waals surface area contributed by atoms with Crippen LogP contribution >= 0.6 is 0 Å². The number of benzene rings is 1. The molecule has 0 saturated carbocycles. The van der Waals surface area contributed by atoms with E-state index in [1.165, 1.54) is 0 Å². The van der Waals surface area contributed by atoms with Crippen LogP contribution in [0.3, 0.4) is 0 Å². The summed E-state index contributed by atoms with van der Waals surface area (Å²) in [6.45, 7) is 0. The minimum atomic E-state index is 0.513. The Labute approximate surface area is 104 Å². The number of rotatable bonds is 3. The minimum absolute atomic E-state index is 0.513. The van der Waals surface area contributed by atoms with Crippen molar-refractivity contribution in [3.8, 4) is 0 Å². The molecule has 0 bridgehead atoms. The van der Waals surface area contributed by atoms with Gasteiger partial charge in [0.2, 0.25) is 0 Å². The normalized spacial score (nSPS) is 10.7. The monoisotopic (exact) mass is 237 g/mol. The molecule has 0 N–H and O–H groups in total. The second kappa shape index (κ2) is 4.41. The number of aromatic nitrogens is 3. The number of pyridine rings is 1. The van der Waals surface area contributed by atoms with Crippen LogP contribution in [0.4, 0.5) is 0 Å². The maximum atomic E-state index is 10.9. The van der Waals surface area contributed by atoms with Gasteiger partial charge in [-0.2, -0.15) is 5.10 Å². The first-order valence-corrected chi connectivity index (χ1v) is 5.70. The fraction of sp³-hybridized carbons (Fsp3) is 0.0714. The summed E-state index contributed by atoms with van der Waals surface area (Å²) in [4.78, 5) is 15.3. The molecule has 3 rings (SSSR count). The maximum Gasteiger partial charge on any atom is 0.168 e. The summed E-state index contributed by atoms with van der Waals surface area (Å²) < 4.78 is 1.57. The summed E-state index contributed by atoms with van der Waals surface area (Å²) in [6, 6.07) is 15.4. The van der Waals surface area contributed by atoms with Crippen molar-refractivity contribution in [2.24, 2.45) is 0 Å². The van der Waals surface area contributed by atoms with E-state index in [-0.39, 0.29) is 0 Å². The van der Waals surface area contributed by atoms with Crippen LogP contribution in [0.15, 0.2) is 48.5 Å². The molecule has 88 valence electrons. The van der Waals surface area contributed by atoms with E-state index < -0.39 is 0 Å². The van der Waals surface area contributed by atoms with Crippen molar-refractivity contribution < 1.29 is 4.79 Å². The fourth-order valence-corrected chi connectivity index (χ4v) is 1.91. The zero-order chi connectivity index (χ0) is 12.4. The lowest BCUT2D eigenvalue weighted by atomic mass is 10.1. The molecule has 4 nitrogen and oxygen atoms in total. The molecule has 0 spiro atoms. The van der Waals surface area contributed by atoms with E-state index in [2.05, 4.69) is 10.1 Å². The number of aldehydes is 1. The van der Waals surface area contributed by atoms with Crippen molar-refractivity contribution in [1.29, 1.82) is 0 Å². The van der Waals surface area contributed by atoms with Crippen LogP contribution in [0, 0.1) is 0 Å². The molecule has 2 aromatic heterocycles. The molecule has 0 aliphatic rings. The van der Waals surface area contributed by atoms with E-state index in [9.17, 15) is 4.79 Å². The van der Waals surface area contributed by atoms with Crippen molar-refractivity contribution in [2.45, 2.75) is 6.42 Å². The van der Waals surface area contributed by atoms with Crippen LogP contribution in [0.25, 0.3) is 5.65 Å². The van der Waals surface area contributed by atoms with Gasteiger partial charge in [-0.25, -0.2) is 9.50 Å². The summed E-state index contributed by atoms with van der Waals surface area (Å²) >= 11 is 0. The third-order valence-electron chi connectivity index (χ3n) is 2.76. The van der Waals surface area contributed by atoms with Gasteiger partial charge in [-0.05, 0) is 17.7 Å². The average Bonchev–Trinajstić information content (AvgIpc) is 2.82. The van der Waals surface area contributed by atoms with E-state index in [1.54, 1.807) is 16.6 Å². The Morgan fingerprint density at radius 3 is 2.67 bits per heavy atom. The number of nitrogens with zero attached hydrogens (tertiary/aromatic N) is 3. The summed E-state index contributed by atoms with van der Waals surface area (Å²) in [5.74, 6) is 0.718. The number of fused-ring (bicyclic) bond motifs is 1. The summed E-state index contributed by atoms with van der Waals surface area (Å²) in [7, 11) is 0. The quantitative estimate of drug-likeness (QED) is 0.656. The highest BCUT2D eigenvalue weighted by molar-refractivity contribution is 5.73. The molecule has 0 fully saturated rings. The van der Waals surface area contributed by atoms with Gasteiger partial charge >= 0.3 is 0 Å². The molecular formula is C14H11N3O. The lowest BCUT2D eigenvalue weighted by Crippen LogP contribution is -1.97. The van der Waals surface area contributed by atoms with Crippen LogP contribution in [0.1, 0.15) is 21.9 Å². The van der Waals surface area contributed by atoms with Gasteiger partial charge in [0.05, 0.1) is 0 Å². The molecule has 0 atom stereocenters. The smallest absolute Gasteiger partial charge is 0.168 e. The molecule has 0 amide bonds. The number of carbonyl (C=O) groups excluding carboxylic acids is 1. The SMILES string of the molecule is O=Cc1cccc2nc(Cc3ccccc3)nn12. The van der Waals surface area contributed by atoms with Crippen LogP contribution in [0.2, 0.25) is 0 Å². The zero-order valence-corrected chi connectivity index (χ0v) is 9.65. The van der Waals surface area contributed by atoms with Gasteiger partial charge in [-0.15, -0.1) is 0 Å². The highest BCUT2D eigenvalue weighted by atomic mass is 16.1. The van der Waals surface area contributed by atoms with Crippen molar-refractivity contribution in [2.75, 3.05) is 0 Å². The van der Waals surface area contributed by atoms with Gasteiger partial charge in [0, 0.05) is 6.42 Å². The molecule has 0 radical (unpaired) electrons. The molecule has 0 aliphatic carbocycles. The van der Waals surface area contributed by atoms with Crippen molar-refractivity contribution in [1.82, 2.24) is 14.6 Å². The van der Waals surface area contributed by atoms with E-state index >= 15 is 0 Å². The molecule has 18 heavy (non-hydrogen) atoms. The highest BCUT2D eigenvalue weighted by Crippen LogP contribution is 2.09. The Morgan fingerprint density at radius 1 is 1.06 bits per heavy atom. The molecule has 4 heteroatoms. The topological polar surface area (TPSA) is 47.3 Å². The first-order chi connectivity index (χ1) is 8.86. The standard InChI is InChI=1S/C14H11N3O/c18-10-12-7-4-8-14-15-13(16-17(12)14)9-11-5-2-1-3-6-11/h1-8,10H,9H2. The van der Waals surface area contributed by atoms with E-state index in [4.69, 9.17) is 0 Å².